The first kappa shape index (κ1) is 12.6. The van der Waals surface area contributed by atoms with Crippen molar-refractivity contribution in [3.8, 4) is 0 Å². The van der Waals surface area contributed by atoms with Crippen molar-refractivity contribution >= 4 is 0 Å². The summed E-state index contributed by atoms with van der Waals surface area (Å²) in [5.74, 6) is 0.846. The summed E-state index contributed by atoms with van der Waals surface area (Å²) >= 11 is 0. The lowest BCUT2D eigenvalue weighted by Gasteiger charge is -2.16. The molecule has 1 fully saturated rings. The summed E-state index contributed by atoms with van der Waals surface area (Å²) in [4.78, 5) is 0. The van der Waals surface area contributed by atoms with E-state index in [1.165, 1.54) is 24.8 Å². The summed E-state index contributed by atoms with van der Waals surface area (Å²) in [7, 11) is 0. The minimum atomic E-state index is -0.270. The second-order valence-electron chi connectivity index (χ2n) is 5.37. The highest BCUT2D eigenvalue weighted by Gasteiger charge is 2.21. The summed E-state index contributed by atoms with van der Waals surface area (Å²) in [5.41, 5.74) is 1.21. The van der Waals surface area contributed by atoms with Gasteiger partial charge in [0.15, 0.2) is 0 Å². The molecule has 0 spiro atoms. The van der Waals surface area contributed by atoms with Crippen molar-refractivity contribution in [1.29, 1.82) is 0 Å². The van der Waals surface area contributed by atoms with Gasteiger partial charge >= 0.3 is 0 Å². The van der Waals surface area contributed by atoms with Crippen LogP contribution in [0.25, 0.3) is 0 Å². The molecule has 2 nitrogen and oxygen atoms in total. The molecule has 2 heteroatoms. The third-order valence-electron chi connectivity index (χ3n) is 3.65. The van der Waals surface area contributed by atoms with Gasteiger partial charge in [-0.3, -0.25) is 0 Å². The molecule has 1 aromatic carbocycles. The normalized spacial score (nSPS) is 26.0. The van der Waals surface area contributed by atoms with Crippen LogP contribution in [0.4, 0.5) is 0 Å². The number of nitrogens with one attached hydrogen (secondary N) is 1. The predicted molar refractivity (Wildman–Crippen MR) is 71.0 cm³/mol. The van der Waals surface area contributed by atoms with Gasteiger partial charge in [-0.1, -0.05) is 37.3 Å². The third-order valence-corrected chi connectivity index (χ3v) is 3.65. The topological polar surface area (TPSA) is 32.3 Å². The molecular formula is C15H23NO. The molecule has 2 rings (SSSR count). The van der Waals surface area contributed by atoms with Crippen LogP contribution >= 0.6 is 0 Å². The van der Waals surface area contributed by atoms with Crippen molar-refractivity contribution in [2.45, 2.75) is 44.8 Å². The van der Waals surface area contributed by atoms with Crippen molar-refractivity contribution in [2.75, 3.05) is 6.54 Å². The molecule has 3 unspecified atom stereocenters. The molecule has 0 bridgehead atoms. The van der Waals surface area contributed by atoms with Crippen LogP contribution in [-0.2, 0) is 6.42 Å². The summed E-state index contributed by atoms with van der Waals surface area (Å²) in [6, 6.07) is 10.8. The van der Waals surface area contributed by atoms with Crippen molar-refractivity contribution in [2.24, 2.45) is 5.92 Å². The van der Waals surface area contributed by atoms with Crippen molar-refractivity contribution in [3.63, 3.8) is 0 Å². The first-order chi connectivity index (χ1) is 8.24. The van der Waals surface area contributed by atoms with Crippen LogP contribution in [0.2, 0.25) is 0 Å². The van der Waals surface area contributed by atoms with Gasteiger partial charge in [0.05, 0.1) is 6.10 Å². The molecule has 0 saturated heterocycles. The highest BCUT2D eigenvalue weighted by Crippen LogP contribution is 2.24. The molecule has 0 aromatic heterocycles. The van der Waals surface area contributed by atoms with E-state index in [2.05, 4.69) is 24.4 Å². The standard InChI is InChI=1S/C15H23NO/c1-12-7-8-14(9-12)16-11-15(17)10-13-5-3-2-4-6-13/h2-6,12,14-17H,7-11H2,1H3. The van der Waals surface area contributed by atoms with Crippen LogP contribution in [0.3, 0.4) is 0 Å². The maximum absolute atomic E-state index is 9.97. The van der Waals surface area contributed by atoms with Gasteiger partial charge in [0.1, 0.15) is 0 Å². The number of hydrogen-bond acceptors (Lipinski definition) is 2. The average molecular weight is 233 g/mol. The summed E-state index contributed by atoms with van der Waals surface area (Å²) in [6.07, 6.45) is 4.33. The van der Waals surface area contributed by atoms with Crippen LogP contribution in [-0.4, -0.2) is 23.8 Å². The third kappa shape index (κ3) is 4.14. The maximum Gasteiger partial charge on any atom is 0.0704 e. The molecule has 94 valence electrons. The van der Waals surface area contributed by atoms with Crippen LogP contribution in [0.5, 0.6) is 0 Å². The fourth-order valence-electron chi connectivity index (χ4n) is 2.65. The first-order valence-electron chi connectivity index (χ1n) is 6.69. The maximum atomic E-state index is 9.97. The summed E-state index contributed by atoms with van der Waals surface area (Å²) in [6.45, 7) is 3.02. The SMILES string of the molecule is CC1CCC(NCC(O)Cc2ccccc2)C1. The highest BCUT2D eigenvalue weighted by molar-refractivity contribution is 5.15. The Morgan fingerprint density at radius 1 is 1.29 bits per heavy atom. The van der Waals surface area contributed by atoms with Gasteiger partial charge < -0.3 is 10.4 Å². The minimum Gasteiger partial charge on any atom is -0.391 e. The van der Waals surface area contributed by atoms with Gasteiger partial charge in [-0.15, -0.1) is 0 Å². The second kappa shape index (κ2) is 6.18. The number of rotatable bonds is 5. The highest BCUT2D eigenvalue weighted by atomic mass is 16.3. The molecule has 0 radical (unpaired) electrons. The van der Waals surface area contributed by atoms with E-state index in [9.17, 15) is 5.11 Å². The van der Waals surface area contributed by atoms with Gasteiger partial charge in [0.25, 0.3) is 0 Å². The van der Waals surface area contributed by atoms with Crippen LogP contribution in [0, 0.1) is 5.92 Å². The van der Waals surface area contributed by atoms with E-state index in [4.69, 9.17) is 0 Å². The molecule has 2 N–H and O–H groups in total. The molecule has 1 aromatic rings. The number of aliphatic hydroxyl groups excluding tert-OH is 1. The van der Waals surface area contributed by atoms with E-state index in [1.807, 2.05) is 18.2 Å². The lowest BCUT2D eigenvalue weighted by molar-refractivity contribution is 0.167. The molecule has 0 heterocycles. The van der Waals surface area contributed by atoms with Gasteiger partial charge in [-0.2, -0.15) is 0 Å². The van der Waals surface area contributed by atoms with Gasteiger partial charge in [0.2, 0.25) is 0 Å². The number of benzene rings is 1. The van der Waals surface area contributed by atoms with E-state index in [1.54, 1.807) is 0 Å². The fourth-order valence-corrected chi connectivity index (χ4v) is 2.65. The predicted octanol–water partition coefficient (Wildman–Crippen LogP) is 2.37. The Hall–Kier alpha value is -0.860. The fraction of sp³-hybridized carbons (Fsp3) is 0.600. The lowest BCUT2D eigenvalue weighted by Crippen LogP contribution is -2.35. The molecule has 0 aliphatic heterocycles. The van der Waals surface area contributed by atoms with E-state index >= 15 is 0 Å². The summed E-state index contributed by atoms with van der Waals surface area (Å²) < 4.78 is 0. The van der Waals surface area contributed by atoms with Gasteiger partial charge in [-0.05, 0) is 37.2 Å². The quantitative estimate of drug-likeness (QED) is 0.818. The molecule has 1 saturated carbocycles. The Morgan fingerprint density at radius 3 is 2.71 bits per heavy atom. The monoisotopic (exact) mass is 233 g/mol. The molecule has 1 aliphatic rings. The van der Waals surface area contributed by atoms with E-state index in [-0.39, 0.29) is 6.10 Å². The second-order valence-corrected chi connectivity index (χ2v) is 5.37. The Kier molecular flexibility index (Phi) is 4.57. The Bertz CT molecular complexity index is 325. The van der Waals surface area contributed by atoms with Gasteiger partial charge in [-0.25, -0.2) is 0 Å². The summed E-state index contributed by atoms with van der Waals surface area (Å²) in [5, 5.41) is 13.4. The van der Waals surface area contributed by atoms with Crippen LogP contribution in [0.15, 0.2) is 30.3 Å². The average Bonchev–Trinajstić information content (AvgIpc) is 2.74. The largest absolute Gasteiger partial charge is 0.391 e. The molecule has 3 atom stereocenters. The number of aliphatic hydroxyl groups is 1. The van der Waals surface area contributed by atoms with Crippen LogP contribution in [0.1, 0.15) is 31.7 Å². The van der Waals surface area contributed by atoms with E-state index in [0.29, 0.717) is 12.6 Å². The van der Waals surface area contributed by atoms with Crippen molar-refractivity contribution < 1.29 is 5.11 Å². The minimum absolute atomic E-state index is 0.270. The molecule has 1 aliphatic carbocycles. The van der Waals surface area contributed by atoms with E-state index < -0.39 is 0 Å². The zero-order valence-electron chi connectivity index (χ0n) is 10.6. The zero-order chi connectivity index (χ0) is 12.1. The van der Waals surface area contributed by atoms with Crippen LogP contribution < -0.4 is 5.32 Å². The Balaban J connectivity index is 1.69. The van der Waals surface area contributed by atoms with Gasteiger partial charge in [0, 0.05) is 12.6 Å². The zero-order valence-corrected chi connectivity index (χ0v) is 10.6. The molecule has 17 heavy (non-hydrogen) atoms. The van der Waals surface area contributed by atoms with Crippen molar-refractivity contribution in [3.05, 3.63) is 35.9 Å². The molecular weight excluding hydrogens is 210 g/mol. The Morgan fingerprint density at radius 2 is 2.06 bits per heavy atom. The lowest BCUT2D eigenvalue weighted by atomic mass is 10.1. The molecule has 0 amide bonds. The number of hydrogen-bond donors (Lipinski definition) is 2. The van der Waals surface area contributed by atoms with E-state index in [0.717, 1.165) is 12.3 Å². The smallest absolute Gasteiger partial charge is 0.0704 e. The van der Waals surface area contributed by atoms with Crippen molar-refractivity contribution in [1.82, 2.24) is 5.32 Å². The Labute approximate surface area is 104 Å². The first-order valence-corrected chi connectivity index (χ1v) is 6.69.